The van der Waals surface area contributed by atoms with Crippen LogP contribution in [0.2, 0.25) is 0 Å². The summed E-state index contributed by atoms with van der Waals surface area (Å²) < 4.78 is 5.30. The van der Waals surface area contributed by atoms with Crippen LogP contribution in [-0.2, 0) is 0 Å². The van der Waals surface area contributed by atoms with E-state index in [1.165, 1.54) is 36.8 Å². The third-order valence-corrected chi connectivity index (χ3v) is 3.73. The molecule has 0 amide bonds. The second-order valence-corrected chi connectivity index (χ2v) is 5.09. The molecule has 1 aliphatic rings. The van der Waals surface area contributed by atoms with Gasteiger partial charge in [0.05, 0.1) is 7.11 Å². The van der Waals surface area contributed by atoms with Gasteiger partial charge in [-0.3, -0.25) is 0 Å². The largest absolute Gasteiger partial charge is 0.496 e. The second kappa shape index (κ2) is 5.54. The van der Waals surface area contributed by atoms with E-state index in [0.717, 1.165) is 11.7 Å². The number of methoxy groups -OCH3 is 1. The summed E-state index contributed by atoms with van der Waals surface area (Å²) in [5.74, 6) is 1.98. The van der Waals surface area contributed by atoms with Crippen LogP contribution in [0.4, 0.5) is 0 Å². The first kappa shape index (κ1) is 12.4. The SMILES string of the molecule is CNC(CCC1CC1)c1ccc(OC)c(C)c1. The summed E-state index contributed by atoms with van der Waals surface area (Å²) in [6, 6.07) is 6.99. The smallest absolute Gasteiger partial charge is 0.121 e. The van der Waals surface area contributed by atoms with Gasteiger partial charge in [0, 0.05) is 6.04 Å². The van der Waals surface area contributed by atoms with E-state index in [4.69, 9.17) is 4.74 Å². The number of ether oxygens (including phenoxy) is 1. The van der Waals surface area contributed by atoms with Gasteiger partial charge in [-0.25, -0.2) is 0 Å². The molecule has 1 aliphatic carbocycles. The van der Waals surface area contributed by atoms with Crippen molar-refractivity contribution in [1.82, 2.24) is 5.32 Å². The molecule has 1 aromatic rings. The Balaban J connectivity index is 2.03. The van der Waals surface area contributed by atoms with Gasteiger partial charge in [0.15, 0.2) is 0 Å². The summed E-state index contributed by atoms with van der Waals surface area (Å²) in [5.41, 5.74) is 2.60. The third kappa shape index (κ3) is 3.22. The van der Waals surface area contributed by atoms with E-state index in [1.807, 2.05) is 0 Å². The molecular weight excluding hydrogens is 210 g/mol. The van der Waals surface area contributed by atoms with E-state index in [0.29, 0.717) is 6.04 Å². The fourth-order valence-corrected chi connectivity index (χ4v) is 2.40. The lowest BCUT2D eigenvalue weighted by Crippen LogP contribution is -2.16. The van der Waals surface area contributed by atoms with Crippen molar-refractivity contribution in [3.63, 3.8) is 0 Å². The minimum Gasteiger partial charge on any atom is -0.496 e. The number of hydrogen-bond donors (Lipinski definition) is 1. The molecule has 1 aromatic carbocycles. The van der Waals surface area contributed by atoms with Crippen LogP contribution in [0.5, 0.6) is 5.75 Å². The molecule has 1 atom stereocenters. The topological polar surface area (TPSA) is 21.3 Å². The number of benzene rings is 1. The predicted molar refractivity (Wildman–Crippen MR) is 71.5 cm³/mol. The zero-order valence-electron chi connectivity index (χ0n) is 11.1. The Bertz CT molecular complexity index is 371. The van der Waals surface area contributed by atoms with Gasteiger partial charge in [0.1, 0.15) is 5.75 Å². The fourth-order valence-electron chi connectivity index (χ4n) is 2.40. The first-order chi connectivity index (χ1) is 8.24. The molecule has 1 fully saturated rings. The van der Waals surface area contributed by atoms with Crippen LogP contribution in [0.25, 0.3) is 0 Å². The number of nitrogens with one attached hydrogen (secondary N) is 1. The van der Waals surface area contributed by atoms with Gasteiger partial charge in [0.2, 0.25) is 0 Å². The van der Waals surface area contributed by atoms with Crippen molar-refractivity contribution in [3.8, 4) is 5.75 Å². The summed E-state index contributed by atoms with van der Waals surface area (Å²) in [6.07, 6.45) is 5.49. The van der Waals surface area contributed by atoms with Crippen molar-refractivity contribution in [2.75, 3.05) is 14.2 Å². The van der Waals surface area contributed by atoms with Gasteiger partial charge < -0.3 is 10.1 Å². The van der Waals surface area contributed by atoms with Crippen molar-refractivity contribution in [2.24, 2.45) is 5.92 Å². The second-order valence-electron chi connectivity index (χ2n) is 5.09. The van der Waals surface area contributed by atoms with Gasteiger partial charge in [0.25, 0.3) is 0 Å². The Hall–Kier alpha value is -1.02. The number of rotatable bonds is 6. The molecule has 0 spiro atoms. The highest BCUT2D eigenvalue weighted by Gasteiger charge is 2.22. The lowest BCUT2D eigenvalue weighted by atomic mass is 9.98. The molecule has 94 valence electrons. The summed E-state index contributed by atoms with van der Waals surface area (Å²) in [6.45, 7) is 2.11. The molecule has 1 saturated carbocycles. The van der Waals surface area contributed by atoms with Crippen LogP contribution in [0.1, 0.15) is 42.9 Å². The van der Waals surface area contributed by atoms with Crippen LogP contribution in [0.15, 0.2) is 18.2 Å². The molecule has 2 heteroatoms. The standard InChI is InChI=1S/C15H23NO/c1-11-10-13(7-9-15(11)17-3)14(16-2)8-6-12-4-5-12/h7,9-10,12,14,16H,4-6,8H2,1-3H3. The maximum Gasteiger partial charge on any atom is 0.121 e. The highest BCUT2D eigenvalue weighted by molar-refractivity contribution is 5.37. The molecule has 0 aliphatic heterocycles. The Morgan fingerprint density at radius 1 is 1.41 bits per heavy atom. The van der Waals surface area contributed by atoms with Crippen molar-refractivity contribution in [3.05, 3.63) is 29.3 Å². The number of aryl methyl sites for hydroxylation is 1. The molecule has 0 aromatic heterocycles. The quantitative estimate of drug-likeness (QED) is 0.812. The number of hydrogen-bond acceptors (Lipinski definition) is 2. The molecule has 2 rings (SSSR count). The maximum atomic E-state index is 5.30. The van der Waals surface area contributed by atoms with Crippen molar-refractivity contribution in [2.45, 2.75) is 38.6 Å². The van der Waals surface area contributed by atoms with Crippen LogP contribution in [0, 0.1) is 12.8 Å². The van der Waals surface area contributed by atoms with Gasteiger partial charge in [-0.15, -0.1) is 0 Å². The van der Waals surface area contributed by atoms with Crippen molar-refractivity contribution in [1.29, 1.82) is 0 Å². The molecular formula is C15H23NO. The molecule has 0 heterocycles. The Labute approximate surface area is 104 Å². The minimum atomic E-state index is 0.486. The maximum absolute atomic E-state index is 5.30. The summed E-state index contributed by atoms with van der Waals surface area (Å²) >= 11 is 0. The van der Waals surface area contributed by atoms with E-state index in [-0.39, 0.29) is 0 Å². The van der Waals surface area contributed by atoms with Crippen LogP contribution in [-0.4, -0.2) is 14.2 Å². The molecule has 0 radical (unpaired) electrons. The van der Waals surface area contributed by atoms with Crippen LogP contribution < -0.4 is 10.1 Å². The summed E-state index contributed by atoms with van der Waals surface area (Å²) in [7, 11) is 3.78. The molecule has 1 unspecified atom stereocenters. The van der Waals surface area contributed by atoms with Gasteiger partial charge in [-0.2, -0.15) is 0 Å². The Kier molecular flexibility index (Phi) is 4.06. The van der Waals surface area contributed by atoms with E-state index >= 15 is 0 Å². The lowest BCUT2D eigenvalue weighted by molar-refractivity contribution is 0.411. The zero-order chi connectivity index (χ0) is 12.3. The molecule has 0 bridgehead atoms. The first-order valence-electron chi connectivity index (χ1n) is 6.56. The van der Waals surface area contributed by atoms with Gasteiger partial charge in [-0.05, 0) is 49.9 Å². The first-order valence-corrected chi connectivity index (χ1v) is 6.56. The molecule has 0 saturated heterocycles. The normalized spacial score (nSPS) is 16.9. The lowest BCUT2D eigenvalue weighted by Gasteiger charge is -2.18. The van der Waals surface area contributed by atoms with Crippen LogP contribution in [0.3, 0.4) is 0 Å². The average molecular weight is 233 g/mol. The van der Waals surface area contributed by atoms with E-state index in [9.17, 15) is 0 Å². The molecule has 2 nitrogen and oxygen atoms in total. The van der Waals surface area contributed by atoms with E-state index in [1.54, 1.807) is 7.11 Å². The fraction of sp³-hybridized carbons (Fsp3) is 0.600. The van der Waals surface area contributed by atoms with Crippen molar-refractivity contribution < 1.29 is 4.74 Å². The zero-order valence-corrected chi connectivity index (χ0v) is 11.1. The van der Waals surface area contributed by atoms with Crippen molar-refractivity contribution >= 4 is 0 Å². The Morgan fingerprint density at radius 2 is 2.18 bits per heavy atom. The predicted octanol–water partition coefficient (Wildman–Crippen LogP) is 3.45. The average Bonchev–Trinajstić information content (AvgIpc) is 3.14. The minimum absolute atomic E-state index is 0.486. The van der Waals surface area contributed by atoms with Gasteiger partial charge in [-0.1, -0.05) is 25.0 Å². The summed E-state index contributed by atoms with van der Waals surface area (Å²) in [4.78, 5) is 0. The molecule has 17 heavy (non-hydrogen) atoms. The van der Waals surface area contributed by atoms with Crippen LogP contribution >= 0.6 is 0 Å². The van der Waals surface area contributed by atoms with E-state index in [2.05, 4.69) is 37.5 Å². The van der Waals surface area contributed by atoms with E-state index < -0.39 is 0 Å². The van der Waals surface area contributed by atoms with Gasteiger partial charge >= 0.3 is 0 Å². The Morgan fingerprint density at radius 3 is 2.71 bits per heavy atom. The summed E-state index contributed by atoms with van der Waals surface area (Å²) in [5, 5.41) is 3.43. The third-order valence-electron chi connectivity index (χ3n) is 3.73. The monoisotopic (exact) mass is 233 g/mol. The highest BCUT2D eigenvalue weighted by atomic mass is 16.5. The molecule has 1 N–H and O–H groups in total. The highest BCUT2D eigenvalue weighted by Crippen LogP contribution is 2.36.